The highest BCUT2D eigenvalue weighted by molar-refractivity contribution is 6.26. The van der Waals surface area contributed by atoms with E-state index in [-0.39, 0.29) is 17.5 Å². The predicted molar refractivity (Wildman–Crippen MR) is 105 cm³/mol. The van der Waals surface area contributed by atoms with Gasteiger partial charge in [0.15, 0.2) is 0 Å². The summed E-state index contributed by atoms with van der Waals surface area (Å²) in [6, 6.07) is 3.87. The third-order valence-corrected chi connectivity index (χ3v) is 5.53. The molecule has 0 N–H and O–H groups in total. The van der Waals surface area contributed by atoms with Crippen molar-refractivity contribution in [2.75, 3.05) is 20.2 Å². The van der Waals surface area contributed by atoms with Crippen LogP contribution in [0.25, 0.3) is 0 Å². The molecule has 1 saturated carbocycles. The number of oxime groups is 1. The van der Waals surface area contributed by atoms with Crippen molar-refractivity contribution in [3.05, 3.63) is 34.4 Å². The van der Waals surface area contributed by atoms with E-state index in [0.29, 0.717) is 25.9 Å². The second kappa shape index (κ2) is 7.59. The molecule has 146 valence electrons. The van der Waals surface area contributed by atoms with Crippen LogP contribution in [-0.4, -0.2) is 48.8 Å². The van der Waals surface area contributed by atoms with Gasteiger partial charge in [0.2, 0.25) is 0 Å². The van der Waals surface area contributed by atoms with Crippen molar-refractivity contribution in [1.82, 2.24) is 4.90 Å². The standard InChI is InChI=1S/C22H24N2O4/c1-5-6-16-7-14(2)20(15(3)8-16)21-17(25)9-22(10-18(21)26)12-24(13-22)19(27)11-23-28-4/h7-8,11,21H,9-10,12-13H2,1-4H3/b23-11+. The number of hydrogen-bond donors (Lipinski definition) is 0. The van der Waals surface area contributed by atoms with Crippen molar-refractivity contribution in [1.29, 1.82) is 0 Å². The summed E-state index contributed by atoms with van der Waals surface area (Å²) in [5.74, 6) is 4.80. The van der Waals surface area contributed by atoms with E-state index in [1.165, 1.54) is 7.11 Å². The van der Waals surface area contributed by atoms with E-state index in [4.69, 9.17) is 0 Å². The van der Waals surface area contributed by atoms with Crippen molar-refractivity contribution in [3.63, 3.8) is 0 Å². The van der Waals surface area contributed by atoms with Crippen LogP contribution in [0.5, 0.6) is 0 Å². The SMILES string of the molecule is CC#Cc1cc(C)c(C2C(=O)CC3(CC2=O)CN(C(=O)/C=N/OC)C3)c(C)c1. The summed E-state index contributed by atoms with van der Waals surface area (Å²) in [7, 11) is 1.37. The Labute approximate surface area is 164 Å². The maximum atomic E-state index is 13.0. The summed E-state index contributed by atoms with van der Waals surface area (Å²) < 4.78 is 0. The Hall–Kier alpha value is -2.94. The summed E-state index contributed by atoms with van der Waals surface area (Å²) in [6.45, 7) is 6.42. The Balaban J connectivity index is 1.78. The van der Waals surface area contributed by atoms with Gasteiger partial charge in [0.25, 0.3) is 5.91 Å². The van der Waals surface area contributed by atoms with Crippen LogP contribution in [0.1, 0.15) is 47.9 Å². The van der Waals surface area contributed by atoms with Gasteiger partial charge in [0.1, 0.15) is 30.8 Å². The van der Waals surface area contributed by atoms with Crippen molar-refractivity contribution in [3.8, 4) is 11.8 Å². The number of carbonyl (C=O) groups excluding carboxylic acids is 3. The van der Waals surface area contributed by atoms with Crippen LogP contribution in [-0.2, 0) is 19.2 Å². The molecule has 1 aromatic rings. The molecule has 6 heteroatoms. The Morgan fingerprint density at radius 3 is 2.29 bits per heavy atom. The number of ketones is 2. The van der Waals surface area contributed by atoms with Gasteiger partial charge in [-0.3, -0.25) is 14.4 Å². The summed E-state index contributed by atoms with van der Waals surface area (Å²) in [4.78, 5) is 44.0. The van der Waals surface area contributed by atoms with Gasteiger partial charge in [0.05, 0.1) is 0 Å². The van der Waals surface area contributed by atoms with E-state index in [2.05, 4.69) is 21.8 Å². The molecule has 2 aliphatic rings. The molecule has 3 rings (SSSR count). The quantitative estimate of drug-likeness (QED) is 0.348. The first-order valence-corrected chi connectivity index (χ1v) is 9.25. The van der Waals surface area contributed by atoms with Gasteiger partial charge >= 0.3 is 0 Å². The van der Waals surface area contributed by atoms with Crippen molar-refractivity contribution in [2.24, 2.45) is 10.6 Å². The number of rotatable bonds is 3. The zero-order valence-electron chi connectivity index (χ0n) is 16.7. The molecule has 1 saturated heterocycles. The maximum Gasteiger partial charge on any atom is 0.268 e. The van der Waals surface area contributed by atoms with Crippen LogP contribution in [0.2, 0.25) is 0 Å². The van der Waals surface area contributed by atoms with Gasteiger partial charge in [-0.25, -0.2) is 0 Å². The van der Waals surface area contributed by atoms with Crippen LogP contribution >= 0.6 is 0 Å². The zero-order chi connectivity index (χ0) is 20.5. The average molecular weight is 380 g/mol. The van der Waals surface area contributed by atoms with Crippen LogP contribution in [0, 0.1) is 31.1 Å². The predicted octanol–water partition coefficient (Wildman–Crippen LogP) is 2.15. The van der Waals surface area contributed by atoms with E-state index in [1.807, 2.05) is 26.0 Å². The van der Waals surface area contributed by atoms with E-state index in [0.717, 1.165) is 28.5 Å². The first-order valence-electron chi connectivity index (χ1n) is 9.25. The third kappa shape index (κ3) is 3.57. The van der Waals surface area contributed by atoms with Gasteiger partial charge in [-0.15, -0.1) is 5.92 Å². The van der Waals surface area contributed by atoms with Crippen LogP contribution < -0.4 is 0 Å². The zero-order valence-corrected chi connectivity index (χ0v) is 16.7. The highest BCUT2D eigenvalue weighted by atomic mass is 16.6. The van der Waals surface area contributed by atoms with E-state index < -0.39 is 11.3 Å². The molecule has 0 atom stereocenters. The number of amides is 1. The molecule has 1 spiro atoms. The molecule has 1 aliphatic heterocycles. The monoisotopic (exact) mass is 380 g/mol. The largest absolute Gasteiger partial charge is 0.399 e. The van der Waals surface area contributed by atoms with Gasteiger partial charge in [-0.2, -0.15) is 0 Å². The lowest BCUT2D eigenvalue weighted by molar-refractivity contribution is -0.150. The molecule has 0 aromatic heterocycles. The Morgan fingerprint density at radius 2 is 1.79 bits per heavy atom. The van der Waals surface area contributed by atoms with Crippen LogP contribution in [0.4, 0.5) is 0 Å². The first-order chi connectivity index (χ1) is 13.3. The molecule has 1 heterocycles. The van der Waals surface area contributed by atoms with Gasteiger partial charge in [-0.1, -0.05) is 11.1 Å². The van der Waals surface area contributed by atoms with Crippen molar-refractivity contribution < 1.29 is 19.2 Å². The second-order valence-electron chi connectivity index (χ2n) is 7.73. The smallest absolute Gasteiger partial charge is 0.268 e. The molecular weight excluding hydrogens is 356 g/mol. The van der Waals surface area contributed by atoms with E-state index >= 15 is 0 Å². The van der Waals surface area contributed by atoms with E-state index in [1.54, 1.807) is 11.8 Å². The lowest BCUT2D eigenvalue weighted by atomic mass is 9.63. The van der Waals surface area contributed by atoms with Gasteiger partial charge < -0.3 is 9.74 Å². The lowest BCUT2D eigenvalue weighted by Crippen LogP contribution is -2.62. The molecule has 2 fully saturated rings. The topological polar surface area (TPSA) is 76.0 Å². The second-order valence-corrected chi connectivity index (χ2v) is 7.73. The molecule has 0 unspecified atom stereocenters. The number of aryl methyl sites for hydroxylation is 2. The molecule has 6 nitrogen and oxygen atoms in total. The first kappa shape index (κ1) is 19.8. The number of likely N-dealkylation sites (tertiary alicyclic amines) is 1. The molecular formula is C22H24N2O4. The number of nitrogens with zero attached hydrogens (tertiary/aromatic N) is 2. The summed E-state index contributed by atoms with van der Waals surface area (Å²) in [6.07, 6.45) is 1.73. The number of hydrogen-bond acceptors (Lipinski definition) is 5. The minimum absolute atomic E-state index is 0.0607. The summed E-state index contributed by atoms with van der Waals surface area (Å²) in [5, 5.41) is 3.47. The Kier molecular flexibility index (Phi) is 5.37. The molecule has 0 radical (unpaired) electrons. The lowest BCUT2D eigenvalue weighted by Gasteiger charge is -2.51. The fourth-order valence-corrected chi connectivity index (χ4v) is 4.48. The van der Waals surface area contributed by atoms with E-state index in [9.17, 15) is 14.4 Å². The van der Waals surface area contributed by atoms with Crippen molar-refractivity contribution in [2.45, 2.75) is 39.5 Å². The van der Waals surface area contributed by atoms with Crippen LogP contribution in [0.3, 0.4) is 0 Å². The Morgan fingerprint density at radius 1 is 1.21 bits per heavy atom. The molecule has 0 bridgehead atoms. The molecule has 28 heavy (non-hydrogen) atoms. The average Bonchev–Trinajstić information content (AvgIpc) is 2.59. The normalized spacial score (nSPS) is 18.8. The molecule has 1 amide bonds. The van der Waals surface area contributed by atoms with Crippen LogP contribution in [0.15, 0.2) is 17.3 Å². The fourth-order valence-electron chi connectivity index (χ4n) is 4.48. The number of carbonyl (C=O) groups is 3. The van der Waals surface area contributed by atoms with Crippen molar-refractivity contribution >= 4 is 23.7 Å². The highest BCUT2D eigenvalue weighted by Crippen LogP contribution is 2.46. The summed E-state index contributed by atoms with van der Waals surface area (Å²) >= 11 is 0. The minimum Gasteiger partial charge on any atom is -0.399 e. The minimum atomic E-state index is -0.714. The number of benzene rings is 1. The Bertz CT molecular complexity index is 887. The summed E-state index contributed by atoms with van der Waals surface area (Å²) in [5.41, 5.74) is 3.10. The van der Waals surface area contributed by atoms with Gasteiger partial charge in [0, 0.05) is 36.9 Å². The third-order valence-electron chi connectivity index (χ3n) is 5.53. The fraction of sp³-hybridized carbons (Fsp3) is 0.455. The molecule has 1 aliphatic carbocycles. The highest BCUT2D eigenvalue weighted by Gasteiger charge is 2.53. The molecule has 1 aromatic carbocycles. The maximum absolute atomic E-state index is 13.0. The number of Topliss-reactive ketones (excluding diaryl/α,β-unsaturated/α-hetero) is 2. The van der Waals surface area contributed by atoms with Gasteiger partial charge in [-0.05, 0) is 49.6 Å².